The molecule has 1 aromatic heterocycles. The molecule has 2 N–H and O–H groups in total. The Morgan fingerprint density at radius 2 is 2.29 bits per heavy atom. The average Bonchev–Trinajstić information content (AvgIpc) is 2.55. The Kier molecular flexibility index (Phi) is 7.15. The number of nitrogens with zero attached hydrogens (tertiary/aromatic N) is 2. The minimum Gasteiger partial charge on any atom is -0.389 e. The van der Waals surface area contributed by atoms with Crippen molar-refractivity contribution in [1.82, 2.24) is 9.88 Å². The summed E-state index contributed by atoms with van der Waals surface area (Å²) in [5, 5.41) is 12.9. The Hall–Kier alpha value is -1.50. The molecule has 2 unspecified atom stereocenters. The van der Waals surface area contributed by atoms with Gasteiger partial charge in [0.15, 0.2) is 0 Å². The van der Waals surface area contributed by atoms with Gasteiger partial charge in [-0.15, -0.1) is 0 Å². The van der Waals surface area contributed by atoms with Crippen LogP contribution in [-0.2, 0) is 9.53 Å². The van der Waals surface area contributed by atoms with Crippen LogP contribution in [0.4, 0.5) is 5.82 Å². The monoisotopic (exact) mass is 335 g/mol. The van der Waals surface area contributed by atoms with Gasteiger partial charge in [0.25, 0.3) is 0 Å². The van der Waals surface area contributed by atoms with E-state index in [1.54, 1.807) is 6.20 Å². The number of piperidine rings is 1. The molecule has 0 spiro atoms. The zero-order valence-corrected chi connectivity index (χ0v) is 14.9. The zero-order chi connectivity index (χ0) is 17.5. The number of aliphatic hydroxyl groups excluding tert-OH is 1. The van der Waals surface area contributed by atoms with Gasteiger partial charge in [0, 0.05) is 19.3 Å². The minimum absolute atomic E-state index is 0.00368. The number of hydrogen-bond acceptors (Lipinski definition) is 5. The molecule has 0 saturated carbocycles. The van der Waals surface area contributed by atoms with E-state index in [4.69, 9.17) is 4.74 Å². The molecule has 0 bridgehead atoms. The highest BCUT2D eigenvalue weighted by molar-refractivity contribution is 5.91. The second-order valence-corrected chi connectivity index (χ2v) is 6.84. The summed E-state index contributed by atoms with van der Waals surface area (Å²) in [6.45, 7) is 8.31. The van der Waals surface area contributed by atoms with Crippen LogP contribution in [0.25, 0.3) is 0 Å². The summed E-state index contributed by atoms with van der Waals surface area (Å²) in [6.07, 6.45) is 3.16. The molecule has 2 heterocycles. The van der Waals surface area contributed by atoms with E-state index in [1.165, 1.54) is 0 Å². The van der Waals surface area contributed by atoms with E-state index in [-0.39, 0.29) is 17.9 Å². The van der Waals surface area contributed by atoms with Gasteiger partial charge in [0.05, 0.1) is 24.7 Å². The molecule has 1 saturated heterocycles. The van der Waals surface area contributed by atoms with Crippen molar-refractivity contribution in [2.45, 2.75) is 45.8 Å². The standard InChI is InChI=1S/C18H29N3O3/c1-13(2)24-12-16(22)11-21-8-4-5-15(10-21)18(23)20-17-7-6-14(3)9-19-17/h6-7,9,13,15-16,22H,4-5,8,10-12H2,1-3H3,(H,19,20,23). The zero-order valence-electron chi connectivity index (χ0n) is 14.9. The quantitative estimate of drug-likeness (QED) is 0.795. The number of β-amino-alcohol motifs (C(OH)–C–C–N with tert-alkyl or cyclic N) is 1. The van der Waals surface area contributed by atoms with E-state index in [2.05, 4.69) is 15.2 Å². The number of carbonyl (C=O) groups is 1. The summed E-state index contributed by atoms with van der Waals surface area (Å²) >= 11 is 0. The molecule has 134 valence electrons. The second kappa shape index (κ2) is 9.11. The first-order chi connectivity index (χ1) is 11.4. The average molecular weight is 335 g/mol. The van der Waals surface area contributed by atoms with Crippen LogP contribution in [0.2, 0.25) is 0 Å². The lowest BCUT2D eigenvalue weighted by molar-refractivity contribution is -0.121. The van der Waals surface area contributed by atoms with Crippen molar-refractivity contribution in [1.29, 1.82) is 0 Å². The lowest BCUT2D eigenvalue weighted by Crippen LogP contribution is -2.44. The van der Waals surface area contributed by atoms with Crippen LogP contribution in [0.5, 0.6) is 0 Å². The van der Waals surface area contributed by atoms with E-state index in [0.717, 1.165) is 24.9 Å². The SMILES string of the molecule is Cc1ccc(NC(=O)C2CCCN(CC(O)COC(C)C)C2)nc1. The Balaban J connectivity index is 1.81. The van der Waals surface area contributed by atoms with E-state index >= 15 is 0 Å². The highest BCUT2D eigenvalue weighted by Gasteiger charge is 2.27. The topological polar surface area (TPSA) is 74.7 Å². The lowest BCUT2D eigenvalue weighted by Gasteiger charge is -2.33. The lowest BCUT2D eigenvalue weighted by atomic mass is 9.97. The fourth-order valence-corrected chi connectivity index (χ4v) is 2.86. The summed E-state index contributed by atoms with van der Waals surface area (Å²) in [5.74, 6) is 0.525. The number of ether oxygens (including phenoxy) is 1. The van der Waals surface area contributed by atoms with Gasteiger partial charge in [0.2, 0.25) is 5.91 Å². The van der Waals surface area contributed by atoms with Crippen LogP contribution in [0.3, 0.4) is 0 Å². The van der Waals surface area contributed by atoms with Gasteiger partial charge in [0.1, 0.15) is 5.82 Å². The van der Waals surface area contributed by atoms with Crippen molar-refractivity contribution in [3.8, 4) is 0 Å². The number of aryl methyl sites for hydroxylation is 1. The van der Waals surface area contributed by atoms with Crippen LogP contribution < -0.4 is 5.32 Å². The number of rotatable bonds is 7. The molecular weight excluding hydrogens is 306 g/mol. The summed E-state index contributed by atoms with van der Waals surface area (Å²) in [7, 11) is 0. The van der Waals surface area contributed by atoms with Gasteiger partial charge in [-0.25, -0.2) is 4.98 Å². The molecule has 24 heavy (non-hydrogen) atoms. The number of nitrogens with one attached hydrogen (secondary N) is 1. The van der Waals surface area contributed by atoms with E-state index in [9.17, 15) is 9.90 Å². The first kappa shape index (κ1) is 18.8. The van der Waals surface area contributed by atoms with Crippen molar-refractivity contribution >= 4 is 11.7 Å². The number of anilines is 1. The number of amides is 1. The number of aromatic nitrogens is 1. The molecule has 2 rings (SSSR count). The molecule has 1 amide bonds. The first-order valence-electron chi connectivity index (χ1n) is 8.69. The Bertz CT molecular complexity index is 519. The van der Waals surface area contributed by atoms with Crippen molar-refractivity contribution in [2.24, 2.45) is 5.92 Å². The molecule has 0 aliphatic carbocycles. The third kappa shape index (κ3) is 6.19. The number of carbonyl (C=O) groups excluding carboxylic acids is 1. The Morgan fingerprint density at radius 1 is 1.50 bits per heavy atom. The van der Waals surface area contributed by atoms with Crippen molar-refractivity contribution in [2.75, 3.05) is 31.6 Å². The van der Waals surface area contributed by atoms with Gasteiger partial charge < -0.3 is 15.2 Å². The predicted octanol–water partition coefficient (Wildman–Crippen LogP) is 1.83. The van der Waals surface area contributed by atoms with Crippen LogP contribution >= 0.6 is 0 Å². The Labute approximate surface area is 144 Å². The van der Waals surface area contributed by atoms with Gasteiger partial charge in [-0.3, -0.25) is 9.69 Å². The summed E-state index contributed by atoms with van der Waals surface area (Å²) < 4.78 is 5.44. The van der Waals surface area contributed by atoms with Crippen LogP contribution in [0, 0.1) is 12.8 Å². The highest BCUT2D eigenvalue weighted by atomic mass is 16.5. The van der Waals surface area contributed by atoms with Crippen LogP contribution in [0.15, 0.2) is 18.3 Å². The molecule has 0 aromatic carbocycles. The number of aliphatic hydroxyl groups is 1. The molecule has 6 heteroatoms. The molecule has 2 atom stereocenters. The normalized spacial score (nSPS) is 20.1. The number of pyridine rings is 1. The summed E-state index contributed by atoms with van der Waals surface area (Å²) in [6, 6.07) is 3.75. The predicted molar refractivity (Wildman–Crippen MR) is 93.9 cm³/mol. The molecule has 1 aliphatic rings. The maximum absolute atomic E-state index is 12.4. The van der Waals surface area contributed by atoms with Crippen molar-refractivity contribution in [3.63, 3.8) is 0 Å². The first-order valence-corrected chi connectivity index (χ1v) is 8.69. The molecular formula is C18H29N3O3. The third-order valence-electron chi connectivity index (χ3n) is 4.13. The maximum atomic E-state index is 12.4. The van der Waals surface area contributed by atoms with E-state index < -0.39 is 6.10 Å². The summed E-state index contributed by atoms with van der Waals surface area (Å²) in [4.78, 5) is 18.8. The van der Waals surface area contributed by atoms with Gasteiger partial charge in [-0.1, -0.05) is 6.07 Å². The third-order valence-corrected chi connectivity index (χ3v) is 4.13. The second-order valence-electron chi connectivity index (χ2n) is 6.84. The van der Waals surface area contributed by atoms with Gasteiger partial charge >= 0.3 is 0 Å². The molecule has 1 aromatic rings. The van der Waals surface area contributed by atoms with Crippen LogP contribution in [0.1, 0.15) is 32.3 Å². The van der Waals surface area contributed by atoms with Crippen molar-refractivity contribution < 1.29 is 14.6 Å². The fraction of sp³-hybridized carbons (Fsp3) is 0.667. The van der Waals surface area contributed by atoms with Crippen molar-refractivity contribution in [3.05, 3.63) is 23.9 Å². The minimum atomic E-state index is -0.520. The van der Waals surface area contributed by atoms with E-state index in [0.29, 0.717) is 25.5 Å². The molecule has 6 nitrogen and oxygen atoms in total. The highest BCUT2D eigenvalue weighted by Crippen LogP contribution is 2.18. The Morgan fingerprint density at radius 3 is 2.96 bits per heavy atom. The smallest absolute Gasteiger partial charge is 0.229 e. The molecule has 0 radical (unpaired) electrons. The van der Waals surface area contributed by atoms with E-state index in [1.807, 2.05) is 32.9 Å². The van der Waals surface area contributed by atoms with Crippen LogP contribution in [-0.4, -0.2) is 59.3 Å². The molecule has 1 fully saturated rings. The van der Waals surface area contributed by atoms with Gasteiger partial charge in [-0.2, -0.15) is 0 Å². The fourth-order valence-electron chi connectivity index (χ4n) is 2.86. The molecule has 1 aliphatic heterocycles. The van der Waals surface area contributed by atoms with Gasteiger partial charge in [-0.05, 0) is 51.8 Å². The summed E-state index contributed by atoms with van der Waals surface area (Å²) in [5.41, 5.74) is 1.06. The number of hydrogen-bond donors (Lipinski definition) is 2. The largest absolute Gasteiger partial charge is 0.389 e. The maximum Gasteiger partial charge on any atom is 0.229 e. The number of likely N-dealkylation sites (tertiary alicyclic amines) is 1.